The molecule has 132 valence electrons. The molecule has 0 amide bonds. The highest BCUT2D eigenvalue weighted by molar-refractivity contribution is 5.80. The molecule has 0 aromatic carbocycles. The van der Waals surface area contributed by atoms with Gasteiger partial charge in [-0.05, 0) is 56.5 Å². The van der Waals surface area contributed by atoms with E-state index < -0.39 is 0 Å². The first-order valence-electron chi connectivity index (χ1n) is 9.93. The Morgan fingerprint density at radius 2 is 2.00 bits per heavy atom. The normalized spacial score (nSPS) is 28.7. The molecule has 2 saturated heterocycles. The standard InChI is InChI=1S/C19H36N4/c1-3-11-22-12-7-17(15-22)14-21-18(20-2)23-13-10-19(16-23)8-5-4-6-9-19/h17H,3-16H2,1-2H3,(H,20,21). The molecule has 0 aromatic heterocycles. The smallest absolute Gasteiger partial charge is 0.193 e. The van der Waals surface area contributed by atoms with E-state index in [1.807, 2.05) is 7.05 Å². The second-order valence-electron chi connectivity index (χ2n) is 8.12. The van der Waals surface area contributed by atoms with Gasteiger partial charge in [0.05, 0.1) is 0 Å². The Hall–Kier alpha value is -0.770. The molecule has 3 fully saturated rings. The molecule has 3 aliphatic rings. The van der Waals surface area contributed by atoms with Crippen molar-refractivity contribution in [3.63, 3.8) is 0 Å². The predicted molar refractivity (Wildman–Crippen MR) is 97.9 cm³/mol. The second-order valence-corrected chi connectivity index (χ2v) is 8.12. The van der Waals surface area contributed by atoms with Gasteiger partial charge in [0.2, 0.25) is 0 Å². The highest BCUT2D eigenvalue weighted by Gasteiger charge is 2.39. The van der Waals surface area contributed by atoms with Crippen molar-refractivity contribution in [2.24, 2.45) is 16.3 Å². The van der Waals surface area contributed by atoms with E-state index in [0.29, 0.717) is 5.41 Å². The maximum atomic E-state index is 4.58. The summed E-state index contributed by atoms with van der Waals surface area (Å²) in [6.07, 6.45) is 11.2. The SMILES string of the molecule is CCCN1CCC(CNC(=NC)N2CCC3(CCCCC3)C2)C1. The van der Waals surface area contributed by atoms with Crippen LogP contribution >= 0.6 is 0 Å². The quantitative estimate of drug-likeness (QED) is 0.638. The third-order valence-corrected chi connectivity index (χ3v) is 6.32. The highest BCUT2D eigenvalue weighted by atomic mass is 15.3. The van der Waals surface area contributed by atoms with E-state index in [4.69, 9.17) is 0 Å². The average Bonchev–Trinajstić information content (AvgIpc) is 3.17. The number of nitrogens with zero attached hydrogens (tertiary/aromatic N) is 3. The number of rotatable bonds is 4. The van der Waals surface area contributed by atoms with Crippen molar-refractivity contribution in [1.82, 2.24) is 15.1 Å². The molecule has 1 saturated carbocycles. The number of likely N-dealkylation sites (tertiary alicyclic amines) is 2. The van der Waals surface area contributed by atoms with E-state index in [0.717, 1.165) is 18.4 Å². The van der Waals surface area contributed by atoms with Crippen molar-refractivity contribution in [2.45, 2.75) is 58.3 Å². The van der Waals surface area contributed by atoms with Gasteiger partial charge in [-0.25, -0.2) is 0 Å². The largest absolute Gasteiger partial charge is 0.356 e. The van der Waals surface area contributed by atoms with Gasteiger partial charge in [-0.3, -0.25) is 4.99 Å². The van der Waals surface area contributed by atoms with Crippen LogP contribution < -0.4 is 5.32 Å². The van der Waals surface area contributed by atoms with Crippen LogP contribution in [0.5, 0.6) is 0 Å². The summed E-state index contributed by atoms with van der Waals surface area (Å²) in [5.74, 6) is 1.95. The lowest BCUT2D eigenvalue weighted by Gasteiger charge is -2.33. The van der Waals surface area contributed by atoms with Gasteiger partial charge in [-0.2, -0.15) is 0 Å². The molecule has 23 heavy (non-hydrogen) atoms. The average molecular weight is 321 g/mol. The first-order valence-corrected chi connectivity index (χ1v) is 9.93. The van der Waals surface area contributed by atoms with Crippen LogP contribution in [0, 0.1) is 11.3 Å². The van der Waals surface area contributed by atoms with Gasteiger partial charge in [0.1, 0.15) is 0 Å². The Labute approximate surface area is 142 Å². The third-order valence-electron chi connectivity index (χ3n) is 6.32. The molecule has 0 bridgehead atoms. The maximum Gasteiger partial charge on any atom is 0.193 e. The lowest BCUT2D eigenvalue weighted by Crippen LogP contribution is -2.43. The van der Waals surface area contributed by atoms with Crippen molar-refractivity contribution in [2.75, 3.05) is 46.3 Å². The van der Waals surface area contributed by atoms with Gasteiger partial charge in [0.25, 0.3) is 0 Å². The van der Waals surface area contributed by atoms with E-state index >= 15 is 0 Å². The molecule has 4 heteroatoms. The summed E-state index contributed by atoms with van der Waals surface area (Å²) in [6, 6.07) is 0. The zero-order valence-corrected chi connectivity index (χ0v) is 15.3. The molecule has 0 radical (unpaired) electrons. The van der Waals surface area contributed by atoms with Gasteiger partial charge in [0, 0.05) is 33.2 Å². The fraction of sp³-hybridized carbons (Fsp3) is 0.947. The Morgan fingerprint density at radius 1 is 1.17 bits per heavy atom. The minimum Gasteiger partial charge on any atom is -0.356 e. The number of aliphatic imine (C=N–C) groups is 1. The molecule has 4 nitrogen and oxygen atoms in total. The van der Waals surface area contributed by atoms with Gasteiger partial charge in [-0.15, -0.1) is 0 Å². The number of hydrogen-bond donors (Lipinski definition) is 1. The first kappa shape index (κ1) is 17.1. The van der Waals surface area contributed by atoms with Crippen LogP contribution in [0.4, 0.5) is 0 Å². The number of nitrogens with one attached hydrogen (secondary N) is 1. The summed E-state index contributed by atoms with van der Waals surface area (Å²) in [4.78, 5) is 9.73. The topological polar surface area (TPSA) is 30.9 Å². The fourth-order valence-corrected chi connectivity index (χ4v) is 4.99. The molecule has 0 aromatic rings. The van der Waals surface area contributed by atoms with E-state index in [9.17, 15) is 0 Å². The van der Waals surface area contributed by atoms with Crippen molar-refractivity contribution < 1.29 is 0 Å². The van der Waals surface area contributed by atoms with Gasteiger partial charge < -0.3 is 15.1 Å². The van der Waals surface area contributed by atoms with Crippen molar-refractivity contribution in [3.05, 3.63) is 0 Å². The minimum atomic E-state index is 0.612. The molecule has 1 atom stereocenters. The van der Waals surface area contributed by atoms with E-state index in [2.05, 4.69) is 27.0 Å². The first-order chi connectivity index (χ1) is 11.2. The molecule has 2 heterocycles. The predicted octanol–water partition coefficient (Wildman–Crippen LogP) is 2.95. The minimum absolute atomic E-state index is 0.612. The third kappa shape index (κ3) is 4.20. The summed E-state index contributed by atoms with van der Waals surface area (Å²) >= 11 is 0. The molecule has 1 unspecified atom stereocenters. The Morgan fingerprint density at radius 3 is 2.74 bits per heavy atom. The maximum absolute atomic E-state index is 4.58. The lowest BCUT2D eigenvalue weighted by atomic mass is 9.73. The van der Waals surface area contributed by atoms with Crippen molar-refractivity contribution in [3.8, 4) is 0 Å². The summed E-state index contributed by atoms with van der Waals surface area (Å²) in [6.45, 7) is 9.62. The van der Waals surface area contributed by atoms with Crippen LogP contribution in [0.25, 0.3) is 0 Å². The van der Waals surface area contributed by atoms with Gasteiger partial charge in [0.15, 0.2) is 5.96 Å². The van der Waals surface area contributed by atoms with E-state index in [1.165, 1.54) is 84.1 Å². The Kier molecular flexibility index (Phi) is 5.84. The Balaban J connectivity index is 1.46. The lowest BCUT2D eigenvalue weighted by molar-refractivity contribution is 0.203. The second kappa shape index (κ2) is 7.87. The monoisotopic (exact) mass is 320 g/mol. The number of guanidine groups is 1. The molecule has 3 rings (SSSR count). The van der Waals surface area contributed by atoms with Crippen LogP contribution in [0.3, 0.4) is 0 Å². The molecule has 2 aliphatic heterocycles. The zero-order valence-electron chi connectivity index (χ0n) is 15.3. The summed E-state index contributed by atoms with van der Waals surface area (Å²) in [5.41, 5.74) is 0.612. The Bertz CT molecular complexity index is 400. The molecular weight excluding hydrogens is 284 g/mol. The molecule has 1 spiro atoms. The van der Waals surface area contributed by atoms with Gasteiger partial charge in [-0.1, -0.05) is 26.2 Å². The summed E-state index contributed by atoms with van der Waals surface area (Å²) in [7, 11) is 1.95. The van der Waals surface area contributed by atoms with Crippen LogP contribution in [-0.2, 0) is 0 Å². The van der Waals surface area contributed by atoms with Crippen molar-refractivity contribution in [1.29, 1.82) is 0 Å². The fourth-order valence-electron chi connectivity index (χ4n) is 4.99. The zero-order chi connectivity index (χ0) is 16.1. The van der Waals surface area contributed by atoms with Crippen molar-refractivity contribution >= 4 is 5.96 Å². The van der Waals surface area contributed by atoms with Crippen LogP contribution in [0.2, 0.25) is 0 Å². The number of hydrogen-bond acceptors (Lipinski definition) is 2. The van der Waals surface area contributed by atoms with Crippen LogP contribution in [0.1, 0.15) is 58.3 Å². The summed E-state index contributed by atoms with van der Waals surface area (Å²) in [5, 5.41) is 3.69. The van der Waals surface area contributed by atoms with Gasteiger partial charge >= 0.3 is 0 Å². The summed E-state index contributed by atoms with van der Waals surface area (Å²) < 4.78 is 0. The molecule has 1 aliphatic carbocycles. The van der Waals surface area contributed by atoms with E-state index in [1.54, 1.807) is 0 Å². The molecular formula is C19H36N4. The highest BCUT2D eigenvalue weighted by Crippen LogP contribution is 2.43. The molecule has 1 N–H and O–H groups in total. The van der Waals surface area contributed by atoms with Crippen LogP contribution in [0.15, 0.2) is 4.99 Å². The van der Waals surface area contributed by atoms with E-state index in [-0.39, 0.29) is 0 Å². The van der Waals surface area contributed by atoms with Crippen LogP contribution in [-0.4, -0.2) is 62.1 Å².